The number of pyridine rings is 2. The molecule has 130 valence electrons. The molecular weight excluding hydrogens is 409 g/mol. The average molecular weight is 422 g/mol. The van der Waals surface area contributed by atoms with Gasteiger partial charge >= 0.3 is 166 Å². The first-order valence-corrected chi connectivity index (χ1v) is 11.0. The van der Waals surface area contributed by atoms with Gasteiger partial charge in [-0.2, -0.15) is 0 Å². The Morgan fingerprint density at radius 1 is 0.714 bits per heavy atom. The number of nitrogens with zero attached hydrogens (tertiary/aromatic N) is 3. The third-order valence-electron chi connectivity index (χ3n) is 5.66. The van der Waals surface area contributed by atoms with E-state index in [0.29, 0.717) is 0 Å². The van der Waals surface area contributed by atoms with E-state index in [1.165, 1.54) is 46.8 Å². The van der Waals surface area contributed by atoms with Crippen molar-refractivity contribution >= 4 is 62.4 Å². The molecular formula is C24H13N3Se. The molecule has 0 amide bonds. The van der Waals surface area contributed by atoms with E-state index < -0.39 is 0 Å². The standard InChI is InChI=1S/C24H13N3Se/c1-2-6-15-14(5-1)9-11-25-21(15)20-13-18-22-23-17(10-12-26-22)16-7-3-4-8-19(16)27(23)24(18)28-20/h1-13H. The molecule has 0 aliphatic rings. The molecule has 7 rings (SSSR count). The molecule has 5 aromatic heterocycles. The van der Waals surface area contributed by atoms with Crippen molar-refractivity contribution in [1.29, 1.82) is 0 Å². The molecule has 0 unspecified atom stereocenters. The summed E-state index contributed by atoms with van der Waals surface area (Å²) < 4.78 is 5.16. The Labute approximate surface area is 166 Å². The van der Waals surface area contributed by atoms with Crippen LogP contribution in [0, 0.1) is 0 Å². The molecule has 0 N–H and O–H groups in total. The summed E-state index contributed by atoms with van der Waals surface area (Å²) in [6, 6.07) is 23.7. The Balaban J connectivity index is 1.66. The molecule has 0 aliphatic carbocycles. The Morgan fingerprint density at radius 2 is 1.54 bits per heavy atom. The topological polar surface area (TPSA) is 30.2 Å². The molecule has 5 heterocycles. The van der Waals surface area contributed by atoms with Gasteiger partial charge in [0.05, 0.1) is 0 Å². The first kappa shape index (κ1) is 14.8. The molecule has 7 aromatic rings. The van der Waals surface area contributed by atoms with Gasteiger partial charge in [0.15, 0.2) is 0 Å². The molecule has 3 nitrogen and oxygen atoms in total. The van der Waals surface area contributed by atoms with Crippen LogP contribution in [-0.2, 0) is 0 Å². The van der Waals surface area contributed by atoms with Crippen molar-refractivity contribution in [1.82, 2.24) is 14.4 Å². The molecule has 2 aromatic carbocycles. The number of hydrogen-bond donors (Lipinski definition) is 0. The number of hydrogen-bond acceptors (Lipinski definition) is 2. The maximum absolute atomic E-state index is 4.77. The quantitative estimate of drug-likeness (QED) is 0.327. The molecule has 0 atom stereocenters. The van der Waals surface area contributed by atoms with E-state index in [1.807, 2.05) is 12.4 Å². The minimum absolute atomic E-state index is 0.182. The predicted octanol–water partition coefficient (Wildman–Crippen LogP) is 5.50. The summed E-state index contributed by atoms with van der Waals surface area (Å²) in [7, 11) is 0. The third kappa shape index (κ3) is 1.74. The Hall–Kier alpha value is -3.20. The van der Waals surface area contributed by atoms with Crippen LogP contribution in [0.25, 0.3) is 58.0 Å². The van der Waals surface area contributed by atoms with Crippen molar-refractivity contribution < 1.29 is 0 Å². The van der Waals surface area contributed by atoms with Crippen LogP contribution in [0.3, 0.4) is 0 Å². The Morgan fingerprint density at radius 3 is 2.50 bits per heavy atom. The van der Waals surface area contributed by atoms with Crippen LogP contribution in [0.1, 0.15) is 0 Å². The summed E-state index contributed by atoms with van der Waals surface area (Å²) >= 11 is 0.182. The van der Waals surface area contributed by atoms with Crippen LogP contribution in [0.4, 0.5) is 0 Å². The van der Waals surface area contributed by atoms with Crippen molar-refractivity contribution in [2.75, 3.05) is 0 Å². The summed E-state index contributed by atoms with van der Waals surface area (Å²) in [4.78, 5) is 9.53. The SMILES string of the molecule is c1ccc2c(-c3cc4c5nccc6c7ccccc7n(c4[se]3)c65)nccc2c1. The van der Waals surface area contributed by atoms with Gasteiger partial charge in [-0.3, -0.25) is 0 Å². The maximum atomic E-state index is 4.77. The van der Waals surface area contributed by atoms with Crippen molar-refractivity contribution in [3.05, 3.63) is 79.1 Å². The van der Waals surface area contributed by atoms with Gasteiger partial charge < -0.3 is 0 Å². The van der Waals surface area contributed by atoms with Gasteiger partial charge in [-0.05, 0) is 0 Å². The zero-order valence-corrected chi connectivity index (χ0v) is 16.5. The molecule has 0 saturated heterocycles. The van der Waals surface area contributed by atoms with Crippen molar-refractivity contribution in [2.24, 2.45) is 0 Å². The van der Waals surface area contributed by atoms with E-state index in [0.717, 1.165) is 11.2 Å². The second-order valence-electron chi connectivity index (χ2n) is 7.12. The summed E-state index contributed by atoms with van der Waals surface area (Å²) in [5.74, 6) is 0. The summed E-state index contributed by atoms with van der Waals surface area (Å²) in [6.45, 7) is 0. The normalized spacial score (nSPS) is 12.3. The molecule has 0 radical (unpaired) electrons. The monoisotopic (exact) mass is 423 g/mol. The van der Waals surface area contributed by atoms with Gasteiger partial charge in [-0.1, -0.05) is 0 Å². The van der Waals surface area contributed by atoms with E-state index >= 15 is 0 Å². The third-order valence-corrected chi connectivity index (χ3v) is 8.03. The second-order valence-corrected chi connectivity index (χ2v) is 9.28. The molecule has 0 saturated carbocycles. The zero-order valence-electron chi connectivity index (χ0n) is 14.8. The van der Waals surface area contributed by atoms with Crippen LogP contribution in [0.2, 0.25) is 0 Å². The van der Waals surface area contributed by atoms with E-state index in [9.17, 15) is 0 Å². The van der Waals surface area contributed by atoms with Crippen LogP contribution in [0.15, 0.2) is 79.1 Å². The number of aromatic nitrogens is 3. The molecule has 0 spiro atoms. The fourth-order valence-electron chi connectivity index (χ4n) is 4.47. The second kappa shape index (κ2) is 5.20. The van der Waals surface area contributed by atoms with Gasteiger partial charge in [-0.25, -0.2) is 0 Å². The number of fused-ring (bicyclic) bond motifs is 7. The molecule has 0 bridgehead atoms. The number of rotatable bonds is 1. The fourth-order valence-corrected chi connectivity index (χ4v) is 6.97. The Kier molecular flexibility index (Phi) is 2.75. The van der Waals surface area contributed by atoms with Crippen LogP contribution < -0.4 is 0 Å². The molecule has 4 heteroatoms. The minimum atomic E-state index is 0.182. The van der Waals surface area contributed by atoms with Gasteiger partial charge in [0.25, 0.3) is 0 Å². The summed E-state index contributed by atoms with van der Waals surface area (Å²) in [5, 5.41) is 6.34. The first-order valence-electron chi connectivity index (χ1n) is 9.27. The summed E-state index contributed by atoms with van der Waals surface area (Å²) in [6.07, 6.45) is 3.87. The zero-order chi connectivity index (χ0) is 18.2. The van der Waals surface area contributed by atoms with Gasteiger partial charge in [0.1, 0.15) is 0 Å². The molecule has 28 heavy (non-hydrogen) atoms. The van der Waals surface area contributed by atoms with Crippen molar-refractivity contribution in [2.45, 2.75) is 0 Å². The van der Waals surface area contributed by atoms with Gasteiger partial charge in [-0.15, -0.1) is 0 Å². The van der Waals surface area contributed by atoms with Crippen LogP contribution in [0.5, 0.6) is 0 Å². The van der Waals surface area contributed by atoms with E-state index in [1.54, 1.807) is 0 Å². The van der Waals surface area contributed by atoms with E-state index in [2.05, 4.69) is 71.1 Å². The average Bonchev–Trinajstić information content (AvgIpc) is 3.40. The van der Waals surface area contributed by atoms with Gasteiger partial charge in [0, 0.05) is 0 Å². The van der Waals surface area contributed by atoms with Crippen molar-refractivity contribution in [3.63, 3.8) is 0 Å². The van der Waals surface area contributed by atoms with Gasteiger partial charge in [0.2, 0.25) is 0 Å². The van der Waals surface area contributed by atoms with Crippen LogP contribution >= 0.6 is 0 Å². The Bertz CT molecular complexity index is 1670. The molecule has 0 fully saturated rings. The van der Waals surface area contributed by atoms with E-state index in [4.69, 9.17) is 9.97 Å². The fraction of sp³-hybridized carbons (Fsp3) is 0. The molecule has 0 aliphatic heterocycles. The first-order chi connectivity index (χ1) is 13.9. The number of benzene rings is 2. The van der Waals surface area contributed by atoms with Crippen LogP contribution in [-0.4, -0.2) is 28.9 Å². The summed E-state index contributed by atoms with van der Waals surface area (Å²) in [5.41, 5.74) is 4.76. The van der Waals surface area contributed by atoms with E-state index in [-0.39, 0.29) is 14.5 Å². The van der Waals surface area contributed by atoms with Crippen molar-refractivity contribution in [3.8, 4) is 10.1 Å². The number of para-hydroxylation sites is 1. The predicted molar refractivity (Wildman–Crippen MR) is 117 cm³/mol.